The van der Waals surface area contributed by atoms with Gasteiger partial charge in [-0.3, -0.25) is 0 Å². The normalized spacial score (nSPS) is 19.6. The molecule has 10 heterocycles. The van der Waals surface area contributed by atoms with Crippen molar-refractivity contribution in [1.82, 2.24) is 34.8 Å². The van der Waals surface area contributed by atoms with Gasteiger partial charge in [-0.05, 0) is 201 Å². The van der Waals surface area contributed by atoms with Crippen molar-refractivity contribution in [2.75, 3.05) is 88.8 Å². The second-order valence-electron chi connectivity index (χ2n) is 27.2. The van der Waals surface area contributed by atoms with Crippen LogP contribution in [-0.2, 0) is 0 Å². The van der Waals surface area contributed by atoms with Gasteiger partial charge in [0.1, 0.15) is 37.0 Å². The number of para-hydroxylation sites is 9. The van der Waals surface area contributed by atoms with Crippen LogP contribution in [0.15, 0.2) is 274 Å². The van der Waals surface area contributed by atoms with E-state index < -0.39 is 34.9 Å². The van der Waals surface area contributed by atoms with E-state index in [-0.39, 0.29) is 81.6 Å². The summed E-state index contributed by atoms with van der Waals surface area (Å²) in [6, 6.07) is 73.5. The van der Waals surface area contributed by atoms with E-state index >= 15 is 0 Å². The molecule has 6 atom stereocenters. The van der Waals surface area contributed by atoms with Gasteiger partial charge in [0.15, 0.2) is 34.9 Å². The Labute approximate surface area is 710 Å². The lowest BCUT2D eigenvalue weighted by Gasteiger charge is -2.30. The lowest BCUT2D eigenvalue weighted by atomic mass is 10.1. The van der Waals surface area contributed by atoms with Gasteiger partial charge in [-0.15, -0.1) is 0 Å². The molecule has 6 aliphatic rings. The number of hydrogen-bond acceptors (Lipinski definition) is 18. The first-order chi connectivity index (χ1) is 58.8. The van der Waals surface area contributed by atoms with E-state index in [0.717, 1.165) is 90.6 Å². The van der Waals surface area contributed by atoms with E-state index in [4.69, 9.17) is 20.6 Å². The number of aryl methyl sites for hydroxylation is 6. The highest BCUT2D eigenvalue weighted by Crippen LogP contribution is 2.49. The molecule has 6 aliphatic heterocycles. The predicted molar refractivity (Wildman–Crippen MR) is 495 cm³/mol. The number of rotatable bonds is 7. The van der Waals surface area contributed by atoms with Crippen molar-refractivity contribution in [3.8, 4) is 0 Å². The topological polar surface area (TPSA) is 116 Å². The molecule has 18 nitrogen and oxygen atoms in total. The molecule has 0 radical (unpaired) electrons. The standard InChI is InChI=1S/C19H18N4.C16H18N2.2C15H17N3.C14H16N4.C12H16N2.6CH4/c1-14-8-6-7-11-17(14)23-15(2)22(16-9-4-3-5-10-16)18-19(23)21-13-12-20-18;1-12-8-4-5-9-14(12)18-13(2)17(3)15-10-6-7-11-16(15)18;1-11-7-4-5-8-13(11)18-12(2)17(3)15-14(18)9-6-10-16-15;1-11-7-4-5-8-13(11)18-12(2)17(3)14-9-6-10-16-15(14)18;1-10-6-4-5-7-12(10)18-11(2)17(3)13-14(18)16-9-8-15-13;1-10-6-4-5-7-12(10)14-9-8-13(3)11(14)2;;;;;;/h3-13,15H,1-2H3;4-11,13H,1-3H3;2*4-10,12H,1-3H3;4-9,11H,1-3H3;4-9,11H,1-3H3;6*1H4/i;5*3D3;;;;;;. The Morgan fingerprint density at radius 3 is 0.983 bits per heavy atom. The Morgan fingerprint density at radius 2 is 0.530 bits per heavy atom. The third-order valence-corrected chi connectivity index (χ3v) is 20.4. The highest BCUT2D eigenvalue weighted by molar-refractivity contribution is 5.87. The van der Waals surface area contributed by atoms with Crippen molar-refractivity contribution in [3.05, 3.63) is 307 Å². The zero-order valence-electron chi connectivity index (χ0n) is 78.5. The molecule has 18 rings (SSSR count). The number of pyridine rings is 2. The molecule has 0 saturated heterocycles. The molecule has 0 bridgehead atoms. The lowest BCUT2D eigenvalue weighted by molar-refractivity contribution is 0.383. The van der Waals surface area contributed by atoms with E-state index in [9.17, 15) is 0 Å². The first-order valence-electron chi connectivity index (χ1n) is 44.0. The Kier molecular flexibility index (Phi) is 23.7. The molecule has 4 aromatic heterocycles. The van der Waals surface area contributed by atoms with Crippen molar-refractivity contribution < 1.29 is 20.6 Å². The number of anilines is 17. The second-order valence-corrected chi connectivity index (χ2v) is 27.2. The summed E-state index contributed by atoms with van der Waals surface area (Å²) in [5.74, 6) is 3.97. The van der Waals surface area contributed by atoms with Crippen LogP contribution in [0.3, 0.4) is 0 Å². The zero-order chi connectivity index (χ0) is 89.2. The van der Waals surface area contributed by atoms with Crippen LogP contribution in [0.2, 0.25) is 0 Å². The summed E-state index contributed by atoms with van der Waals surface area (Å²) in [5, 5.41) is 0. The first kappa shape index (κ1) is 69.3. The van der Waals surface area contributed by atoms with E-state index in [0.29, 0.717) is 29.0 Å². The van der Waals surface area contributed by atoms with Gasteiger partial charge in [-0.25, -0.2) is 29.9 Å². The zero-order valence-corrected chi connectivity index (χ0v) is 63.5. The van der Waals surface area contributed by atoms with Gasteiger partial charge in [-0.1, -0.05) is 184 Å². The maximum absolute atomic E-state index is 7.83. The average molecular weight is 1560 g/mol. The molecule has 6 unspecified atom stereocenters. The fourth-order valence-corrected chi connectivity index (χ4v) is 14.5. The summed E-state index contributed by atoms with van der Waals surface area (Å²) in [6.07, 6.45) is 12.0. The third kappa shape index (κ3) is 17.8. The maximum atomic E-state index is 7.83. The van der Waals surface area contributed by atoms with Gasteiger partial charge in [0.05, 0.1) is 22.7 Å². The molecule has 0 spiro atoms. The summed E-state index contributed by atoms with van der Waals surface area (Å²) in [6.45, 7) is 12.9. The molecule has 18 heteroatoms. The van der Waals surface area contributed by atoms with Gasteiger partial charge in [-0.2, -0.15) is 0 Å². The molecule has 12 aromatic rings. The van der Waals surface area contributed by atoms with E-state index in [2.05, 4.69) is 107 Å². The van der Waals surface area contributed by atoms with Gasteiger partial charge in [0.2, 0.25) is 0 Å². The summed E-state index contributed by atoms with van der Waals surface area (Å²) in [4.78, 5) is 48.0. The van der Waals surface area contributed by atoms with Gasteiger partial charge in [0.25, 0.3) is 0 Å². The van der Waals surface area contributed by atoms with Crippen LogP contribution in [-0.4, -0.2) is 107 Å². The Balaban J connectivity index is 0.000000212. The molecule has 0 saturated carbocycles. The molecule has 604 valence electrons. The number of benzene rings is 8. The highest BCUT2D eigenvalue weighted by Gasteiger charge is 2.40. The second kappa shape index (κ2) is 39.3. The van der Waals surface area contributed by atoms with Crippen molar-refractivity contribution in [3.63, 3.8) is 0 Å². The number of nitrogens with zero attached hydrogens (tertiary/aromatic N) is 18. The summed E-state index contributed by atoms with van der Waals surface area (Å²) < 4.78 is 116. The quantitative estimate of drug-likeness (QED) is 0.151. The minimum atomic E-state index is -2.26. The van der Waals surface area contributed by atoms with Crippen LogP contribution in [0.5, 0.6) is 0 Å². The predicted octanol–water partition coefficient (Wildman–Crippen LogP) is 24.1. The van der Waals surface area contributed by atoms with Crippen molar-refractivity contribution >= 4 is 97.5 Å². The lowest BCUT2D eigenvalue weighted by Crippen LogP contribution is -2.36. The molecule has 0 amide bonds. The van der Waals surface area contributed by atoms with E-state index in [1.807, 2.05) is 265 Å². The highest BCUT2D eigenvalue weighted by atomic mass is 15.5. The summed E-state index contributed by atoms with van der Waals surface area (Å²) in [7, 11) is 0. The van der Waals surface area contributed by atoms with Crippen LogP contribution >= 0.6 is 0 Å². The number of hydrogen-bond donors (Lipinski definition) is 0. The summed E-state index contributed by atoms with van der Waals surface area (Å²) >= 11 is 0. The first-order valence-corrected chi connectivity index (χ1v) is 36.5. The maximum Gasteiger partial charge on any atom is 0.178 e. The minimum absolute atomic E-state index is 0. The van der Waals surface area contributed by atoms with Crippen molar-refractivity contribution in [2.45, 2.75) is 165 Å². The third-order valence-electron chi connectivity index (χ3n) is 20.4. The minimum Gasteiger partial charge on any atom is -0.359 e. The van der Waals surface area contributed by atoms with Gasteiger partial charge >= 0.3 is 0 Å². The molecule has 115 heavy (non-hydrogen) atoms. The van der Waals surface area contributed by atoms with Gasteiger partial charge in [0, 0.05) is 145 Å². The van der Waals surface area contributed by atoms with Crippen LogP contribution in [0.25, 0.3) is 0 Å². The van der Waals surface area contributed by atoms with E-state index in [1.54, 1.807) is 43.3 Å². The van der Waals surface area contributed by atoms with Crippen LogP contribution in [0.4, 0.5) is 97.5 Å². The van der Waals surface area contributed by atoms with Crippen molar-refractivity contribution in [2.24, 2.45) is 0 Å². The molecule has 8 aromatic carbocycles. The molecule has 0 N–H and O–H groups in total. The Bertz CT molecular complexity index is 5270. The number of aromatic nitrogens is 6. The SMILES string of the molecule is C.C.C.C.C.C.Cc1ccccc1N1c2nccnc2N(c2ccccc2)C1C.[2H]C([2H])([2H])N1C=CN(c2ccccc2C)C1C.[2H]C([2H])([2H])N1c2ccccc2N(c2ccccc2C)C1C.[2H]C([2H])([2H])N1c2cccnc2N(c2ccccc2C)C1C.[2H]C([2H])([2H])N1c2ncccc2N(c2ccccc2C)C1C.[2H]C([2H])([2H])N1c2nccnc2N(c2ccccc2C)C1C. The Morgan fingerprint density at radius 1 is 0.226 bits per heavy atom. The summed E-state index contributed by atoms with van der Waals surface area (Å²) in [5.41, 5.74) is 17.2. The number of fused-ring (bicyclic) bond motifs is 5. The largest absolute Gasteiger partial charge is 0.359 e. The van der Waals surface area contributed by atoms with Crippen LogP contribution < -0.4 is 53.9 Å². The van der Waals surface area contributed by atoms with Crippen molar-refractivity contribution in [1.29, 1.82) is 0 Å². The van der Waals surface area contributed by atoms with Gasteiger partial charge < -0.3 is 58.8 Å². The fraction of sp³-hybridized carbons (Fsp3) is 0.299. The van der Waals surface area contributed by atoms with E-state index in [1.165, 1.54) is 41.9 Å². The molecular weight excluding hydrogens is 1420 g/mol. The molecule has 0 aliphatic carbocycles. The molecule has 0 fully saturated rings. The monoisotopic (exact) mass is 1560 g/mol. The Hall–Kier alpha value is -12.4. The smallest absolute Gasteiger partial charge is 0.178 e. The van der Waals surface area contributed by atoms with Crippen LogP contribution in [0.1, 0.15) is 140 Å². The molecular formula is C97H126N18. The fourth-order valence-electron chi connectivity index (χ4n) is 14.5. The van der Waals surface area contributed by atoms with Crippen LogP contribution in [0, 0.1) is 41.5 Å². The average Bonchev–Trinajstić information content (AvgIpc) is 1.61.